The van der Waals surface area contributed by atoms with Crippen LogP contribution >= 0.6 is 24.8 Å². The van der Waals surface area contributed by atoms with Crippen molar-refractivity contribution < 1.29 is 4.79 Å². The predicted octanol–water partition coefficient (Wildman–Crippen LogP) is 2.61. The van der Waals surface area contributed by atoms with E-state index in [2.05, 4.69) is 4.98 Å². The van der Waals surface area contributed by atoms with Crippen LogP contribution in [0.1, 0.15) is 38.2 Å². The van der Waals surface area contributed by atoms with Gasteiger partial charge in [-0.2, -0.15) is 0 Å². The van der Waals surface area contributed by atoms with Crippen LogP contribution in [0.25, 0.3) is 0 Å². The molecular formula is C15H25Cl2N3O. The van der Waals surface area contributed by atoms with E-state index in [1.165, 1.54) is 0 Å². The number of nitrogens with two attached hydrogens (primary N) is 1. The molecule has 3 atom stereocenters. The fraction of sp³-hybridized carbons (Fsp3) is 0.600. The zero-order valence-corrected chi connectivity index (χ0v) is 14.2. The number of aromatic nitrogens is 1. The average molecular weight is 334 g/mol. The largest absolute Gasteiger partial charge is 0.342 e. The van der Waals surface area contributed by atoms with Crippen LogP contribution in [0.3, 0.4) is 0 Å². The molecule has 0 aromatic carbocycles. The Labute approximate surface area is 139 Å². The molecule has 1 saturated heterocycles. The van der Waals surface area contributed by atoms with Gasteiger partial charge in [0, 0.05) is 31.5 Å². The van der Waals surface area contributed by atoms with Crippen LogP contribution in [-0.4, -0.2) is 34.9 Å². The summed E-state index contributed by atoms with van der Waals surface area (Å²) in [6.07, 6.45) is 5.68. The minimum Gasteiger partial charge on any atom is -0.342 e. The van der Waals surface area contributed by atoms with Crippen LogP contribution < -0.4 is 5.73 Å². The summed E-state index contributed by atoms with van der Waals surface area (Å²) in [4.78, 5) is 18.6. The summed E-state index contributed by atoms with van der Waals surface area (Å²) in [7, 11) is 0. The summed E-state index contributed by atoms with van der Waals surface area (Å²) in [6.45, 7) is 5.63. The molecule has 0 saturated carbocycles. The number of rotatable bonds is 3. The average Bonchev–Trinajstić information content (AvgIpc) is 2.46. The molecule has 1 aromatic rings. The molecule has 0 aliphatic carbocycles. The maximum absolute atomic E-state index is 12.5. The number of piperidine rings is 1. The lowest BCUT2D eigenvalue weighted by Crippen LogP contribution is -2.46. The van der Waals surface area contributed by atoms with Crippen molar-refractivity contribution in [2.75, 3.05) is 13.1 Å². The highest BCUT2D eigenvalue weighted by Crippen LogP contribution is 2.23. The highest BCUT2D eigenvalue weighted by atomic mass is 35.5. The van der Waals surface area contributed by atoms with Crippen molar-refractivity contribution in [3.63, 3.8) is 0 Å². The van der Waals surface area contributed by atoms with Gasteiger partial charge in [-0.15, -0.1) is 24.8 Å². The van der Waals surface area contributed by atoms with E-state index in [9.17, 15) is 4.79 Å². The molecule has 4 nitrogen and oxygen atoms in total. The molecule has 120 valence electrons. The van der Waals surface area contributed by atoms with Gasteiger partial charge in [-0.1, -0.05) is 6.07 Å². The van der Waals surface area contributed by atoms with Gasteiger partial charge in [-0.3, -0.25) is 9.78 Å². The predicted molar refractivity (Wildman–Crippen MR) is 90.1 cm³/mol. The maximum atomic E-state index is 12.5. The molecule has 0 bridgehead atoms. The molecule has 1 aromatic heterocycles. The number of carbonyl (C=O) groups excluding carboxylic acids is 1. The Hall–Kier alpha value is -0.840. The van der Waals surface area contributed by atoms with Crippen LogP contribution in [0.2, 0.25) is 0 Å². The molecular weight excluding hydrogens is 309 g/mol. The van der Waals surface area contributed by atoms with Crippen molar-refractivity contribution in [1.82, 2.24) is 9.88 Å². The lowest BCUT2D eigenvalue weighted by Gasteiger charge is -2.36. The van der Waals surface area contributed by atoms with Crippen molar-refractivity contribution in [1.29, 1.82) is 0 Å². The minimum absolute atomic E-state index is 0. The first-order valence-corrected chi connectivity index (χ1v) is 7.04. The molecule has 6 heteroatoms. The number of hydrogen-bond donors (Lipinski definition) is 1. The number of likely N-dealkylation sites (tertiary alicyclic amines) is 1. The number of pyridine rings is 1. The van der Waals surface area contributed by atoms with Crippen molar-refractivity contribution >= 4 is 30.7 Å². The fourth-order valence-electron chi connectivity index (χ4n) is 2.69. The second-order valence-electron chi connectivity index (χ2n) is 5.55. The van der Waals surface area contributed by atoms with E-state index < -0.39 is 0 Å². The molecule has 3 unspecified atom stereocenters. The fourth-order valence-corrected chi connectivity index (χ4v) is 2.69. The lowest BCUT2D eigenvalue weighted by molar-refractivity contribution is -0.134. The second kappa shape index (κ2) is 9.23. The number of hydrogen-bond acceptors (Lipinski definition) is 3. The lowest BCUT2D eigenvalue weighted by atomic mass is 9.91. The minimum atomic E-state index is -0.125. The van der Waals surface area contributed by atoms with Crippen LogP contribution in [0.15, 0.2) is 24.5 Å². The molecule has 1 fully saturated rings. The molecule has 0 radical (unpaired) electrons. The number of halogens is 2. The Morgan fingerprint density at radius 2 is 2.14 bits per heavy atom. The Balaban J connectivity index is 0.00000200. The molecule has 1 aliphatic heterocycles. The molecule has 1 amide bonds. The van der Waals surface area contributed by atoms with Crippen LogP contribution in [0.5, 0.6) is 0 Å². The van der Waals surface area contributed by atoms with Gasteiger partial charge < -0.3 is 10.6 Å². The van der Waals surface area contributed by atoms with Gasteiger partial charge >= 0.3 is 0 Å². The molecule has 2 heterocycles. The van der Waals surface area contributed by atoms with Gasteiger partial charge in [0.1, 0.15) is 0 Å². The van der Waals surface area contributed by atoms with E-state index in [0.717, 1.165) is 31.5 Å². The van der Waals surface area contributed by atoms with Crippen LogP contribution in [0.4, 0.5) is 0 Å². The normalized spacial score (nSPS) is 20.7. The third-order valence-electron chi connectivity index (χ3n) is 4.07. The first kappa shape index (κ1) is 20.2. The zero-order chi connectivity index (χ0) is 13.8. The first-order chi connectivity index (χ1) is 9.09. The molecule has 1 aliphatic rings. The standard InChI is InChI=1S/C15H23N3O.2ClH/c1-11(13-5-3-7-17-9-13)15(19)18-8-4-6-14(10-18)12(2)16;;/h3,5,7,9,11-12,14H,4,6,8,10,16H2,1-2H3;2*1H. The Bertz CT molecular complexity index is 428. The summed E-state index contributed by atoms with van der Waals surface area (Å²) < 4.78 is 0. The second-order valence-corrected chi connectivity index (χ2v) is 5.55. The van der Waals surface area contributed by atoms with Gasteiger partial charge in [0.25, 0.3) is 0 Å². The SMILES string of the molecule is CC(C(=O)N1CCCC(C(C)N)C1)c1cccnc1.Cl.Cl. The van der Waals surface area contributed by atoms with E-state index in [-0.39, 0.29) is 42.7 Å². The van der Waals surface area contributed by atoms with Gasteiger partial charge in [0.15, 0.2) is 0 Å². The Morgan fingerprint density at radius 3 is 2.71 bits per heavy atom. The topological polar surface area (TPSA) is 59.2 Å². The van der Waals surface area contributed by atoms with Crippen LogP contribution in [0, 0.1) is 5.92 Å². The summed E-state index contributed by atoms with van der Waals surface area (Å²) in [5.74, 6) is 0.498. The van der Waals surface area contributed by atoms with Crippen molar-refractivity contribution in [2.45, 2.75) is 38.6 Å². The number of nitrogens with zero attached hydrogens (tertiary/aromatic N) is 2. The van der Waals surface area contributed by atoms with E-state index in [0.29, 0.717) is 5.92 Å². The first-order valence-electron chi connectivity index (χ1n) is 7.04. The smallest absolute Gasteiger partial charge is 0.229 e. The van der Waals surface area contributed by atoms with Crippen LogP contribution in [-0.2, 0) is 4.79 Å². The van der Waals surface area contributed by atoms with E-state index >= 15 is 0 Å². The quantitative estimate of drug-likeness (QED) is 0.924. The highest BCUT2D eigenvalue weighted by molar-refractivity contribution is 5.85. The monoisotopic (exact) mass is 333 g/mol. The van der Waals surface area contributed by atoms with Crippen molar-refractivity contribution in [3.8, 4) is 0 Å². The highest BCUT2D eigenvalue weighted by Gasteiger charge is 2.28. The van der Waals surface area contributed by atoms with E-state index in [4.69, 9.17) is 5.73 Å². The summed E-state index contributed by atoms with van der Waals surface area (Å²) in [5.41, 5.74) is 6.95. The summed E-state index contributed by atoms with van der Waals surface area (Å²) in [5, 5.41) is 0. The summed E-state index contributed by atoms with van der Waals surface area (Å²) >= 11 is 0. The van der Waals surface area contributed by atoms with Gasteiger partial charge in [0.2, 0.25) is 5.91 Å². The zero-order valence-electron chi connectivity index (χ0n) is 12.6. The molecule has 0 spiro atoms. The van der Waals surface area contributed by atoms with E-state index in [1.807, 2.05) is 30.9 Å². The van der Waals surface area contributed by atoms with Crippen molar-refractivity contribution in [3.05, 3.63) is 30.1 Å². The Morgan fingerprint density at radius 1 is 1.43 bits per heavy atom. The molecule has 21 heavy (non-hydrogen) atoms. The molecule has 2 N–H and O–H groups in total. The Kier molecular flexibility index (Phi) is 8.86. The van der Waals surface area contributed by atoms with Gasteiger partial charge in [-0.25, -0.2) is 0 Å². The molecule has 2 rings (SSSR count). The van der Waals surface area contributed by atoms with Crippen molar-refractivity contribution in [2.24, 2.45) is 11.7 Å². The third-order valence-corrected chi connectivity index (χ3v) is 4.07. The summed E-state index contributed by atoms with van der Waals surface area (Å²) in [6, 6.07) is 3.99. The third kappa shape index (κ3) is 5.13. The number of carbonyl (C=O) groups is 1. The van der Waals surface area contributed by atoms with E-state index in [1.54, 1.807) is 12.4 Å². The number of amides is 1. The van der Waals surface area contributed by atoms with Gasteiger partial charge in [-0.05, 0) is 44.2 Å². The maximum Gasteiger partial charge on any atom is 0.229 e. The van der Waals surface area contributed by atoms with Gasteiger partial charge in [0.05, 0.1) is 5.92 Å².